The summed E-state index contributed by atoms with van der Waals surface area (Å²) < 4.78 is 38.3. The van der Waals surface area contributed by atoms with Crippen LogP contribution in [0.1, 0.15) is 18.0 Å². The second-order valence-electron chi connectivity index (χ2n) is 5.11. The lowest BCUT2D eigenvalue weighted by atomic mass is 9.98. The smallest absolute Gasteiger partial charge is 0.168 e. The van der Waals surface area contributed by atoms with Crippen molar-refractivity contribution >= 4 is 0 Å². The summed E-state index contributed by atoms with van der Waals surface area (Å²) in [5.74, 6) is -1.09. The molecule has 2 atom stereocenters. The van der Waals surface area contributed by atoms with Gasteiger partial charge in [-0.05, 0) is 25.9 Å². The summed E-state index contributed by atoms with van der Waals surface area (Å²) >= 11 is 0. The number of hydrogen-bond donors (Lipinski definition) is 1. The average molecular weight is 286 g/mol. The third kappa shape index (κ3) is 2.45. The molecule has 0 aliphatic carbocycles. The highest BCUT2D eigenvalue weighted by Gasteiger charge is 2.35. The Morgan fingerprint density at radius 3 is 2.55 bits per heavy atom. The van der Waals surface area contributed by atoms with E-state index in [1.807, 2.05) is 11.9 Å². The number of hydrogen-bond acceptors (Lipinski definition) is 4. The largest absolute Gasteiger partial charge is 0.493 e. The molecule has 0 radical (unpaired) electrons. The van der Waals surface area contributed by atoms with Crippen LogP contribution in [0.5, 0.6) is 11.5 Å². The summed E-state index contributed by atoms with van der Waals surface area (Å²) in [5.41, 5.74) is 5.89. The molecule has 1 aromatic rings. The highest BCUT2D eigenvalue weighted by molar-refractivity contribution is 5.49. The molecule has 1 aromatic carbocycles. The topological polar surface area (TPSA) is 47.7 Å². The molecule has 1 heterocycles. The Balaban J connectivity index is 2.52. The van der Waals surface area contributed by atoms with Gasteiger partial charge in [-0.3, -0.25) is 4.90 Å². The molecule has 2 rings (SSSR count). The van der Waals surface area contributed by atoms with Crippen molar-refractivity contribution in [1.29, 1.82) is 0 Å². The minimum absolute atomic E-state index is 0.200. The van der Waals surface area contributed by atoms with E-state index in [2.05, 4.69) is 0 Å². The second-order valence-corrected chi connectivity index (χ2v) is 5.11. The van der Waals surface area contributed by atoms with Gasteiger partial charge in [-0.25, -0.2) is 8.78 Å². The third-order valence-corrected chi connectivity index (χ3v) is 3.90. The highest BCUT2D eigenvalue weighted by atomic mass is 19.2. The standard InChI is InChI=1S/C14H20F2N2O2/c1-18-7-8(6-17)4-10(18)12-13(16)9(15)5-11(19-2)14(12)20-3/h5,8,10H,4,6-7,17H2,1-3H3. The quantitative estimate of drug-likeness (QED) is 0.919. The van der Waals surface area contributed by atoms with Crippen LogP contribution in [-0.4, -0.2) is 39.3 Å². The van der Waals surface area contributed by atoms with Crippen LogP contribution in [0.3, 0.4) is 0 Å². The van der Waals surface area contributed by atoms with Crippen molar-refractivity contribution in [3.05, 3.63) is 23.3 Å². The highest BCUT2D eigenvalue weighted by Crippen LogP contribution is 2.44. The molecule has 1 saturated heterocycles. The van der Waals surface area contributed by atoms with Gasteiger partial charge in [0.05, 0.1) is 19.8 Å². The maximum Gasteiger partial charge on any atom is 0.168 e. The van der Waals surface area contributed by atoms with Crippen molar-refractivity contribution < 1.29 is 18.3 Å². The molecule has 20 heavy (non-hydrogen) atoms. The van der Waals surface area contributed by atoms with Crippen molar-refractivity contribution in [3.8, 4) is 11.5 Å². The van der Waals surface area contributed by atoms with Gasteiger partial charge in [-0.1, -0.05) is 0 Å². The van der Waals surface area contributed by atoms with Crippen LogP contribution in [0.4, 0.5) is 8.78 Å². The van der Waals surface area contributed by atoms with Crippen LogP contribution in [0, 0.1) is 17.6 Å². The maximum absolute atomic E-state index is 14.3. The first-order chi connectivity index (χ1) is 9.53. The van der Waals surface area contributed by atoms with E-state index in [9.17, 15) is 8.78 Å². The summed E-state index contributed by atoms with van der Waals surface area (Å²) in [6.45, 7) is 1.28. The Labute approximate surface area is 117 Å². The van der Waals surface area contributed by atoms with Gasteiger partial charge in [0.25, 0.3) is 0 Å². The molecule has 2 N–H and O–H groups in total. The van der Waals surface area contributed by atoms with E-state index in [0.717, 1.165) is 12.6 Å². The van der Waals surface area contributed by atoms with E-state index in [1.165, 1.54) is 14.2 Å². The van der Waals surface area contributed by atoms with E-state index >= 15 is 0 Å². The van der Waals surface area contributed by atoms with Crippen molar-refractivity contribution in [2.45, 2.75) is 12.5 Å². The number of rotatable bonds is 4. The van der Waals surface area contributed by atoms with Gasteiger partial charge in [0.2, 0.25) is 0 Å². The number of halogens is 2. The number of methoxy groups -OCH3 is 2. The molecular formula is C14H20F2N2O2. The lowest BCUT2D eigenvalue weighted by molar-refractivity contribution is 0.283. The fourth-order valence-electron chi connectivity index (χ4n) is 2.88. The number of nitrogens with zero attached hydrogens (tertiary/aromatic N) is 1. The average Bonchev–Trinajstić information content (AvgIpc) is 2.82. The van der Waals surface area contributed by atoms with Gasteiger partial charge in [0.15, 0.2) is 23.1 Å². The predicted octanol–water partition coefficient (Wildman–Crippen LogP) is 1.93. The number of benzene rings is 1. The Hall–Kier alpha value is -1.40. The number of nitrogens with two attached hydrogens (primary N) is 1. The monoisotopic (exact) mass is 286 g/mol. The lowest BCUT2D eigenvalue weighted by Gasteiger charge is -2.23. The molecule has 112 valence electrons. The summed E-state index contributed by atoms with van der Waals surface area (Å²) in [7, 11) is 4.70. The van der Waals surface area contributed by atoms with Crippen molar-refractivity contribution in [2.75, 3.05) is 34.4 Å². The molecular weight excluding hydrogens is 266 g/mol. The van der Waals surface area contributed by atoms with Crippen molar-refractivity contribution in [1.82, 2.24) is 4.90 Å². The zero-order chi connectivity index (χ0) is 14.9. The third-order valence-electron chi connectivity index (χ3n) is 3.90. The van der Waals surface area contributed by atoms with Crippen LogP contribution in [0.15, 0.2) is 6.07 Å². The summed E-state index contributed by atoms with van der Waals surface area (Å²) in [6.07, 6.45) is 0.673. The fraction of sp³-hybridized carbons (Fsp3) is 0.571. The molecule has 1 fully saturated rings. The molecule has 1 aliphatic heterocycles. The Bertz CT molecular complexity index is 497. The number of ether oxygens (including phenoxy) is 2. The fourth-order valence-corrected chi connectivity index (χ4v) is 2.88. The number of likely N-dealkylation sites (tertiary alicyclic amines) is 1. The molecule has 0 bridgehead atoms. The van der Waals surface area contributed by atoms with Crippen LogP contribution in [0.2, 0.25) is 0 Å². The maximum atomic E-state index is 14.3. The van der Waals surface area contributed by atoms with Gasteiger partial charge in [-0.15, -0.1) is 0 Å². The van der Waals surface area contributed by atoms with E-state index in [1.54, 1.807) is 0 Å². The first kappa shape index (κ1) is 15.0. The molecule has 0 aromatic heterocycles. The van der Waals surface area contributed by atoms with Crippen molar-refractivity contribution in [3.63, 3.8) is 0 Å². The van der Waals surface area contributed by atoms with E-state index in [0.29, 0.717) is 13.0 Å². The van der Waals surface area contributed by atoms with Crippen LogP contribution < -0.4 is 15.2 Å². The van der Waals surface area contributed by atoms with Gasteiger partial charge in [-0.2, -0.15) is 0 Å². The van der Waals surface area contributed by atoms with Gasteiger partial charge < -0.3 is 15.2 Å². The Morgan fingerprint density at radius 2 is 2.05 bits per heavy atom. The van der Waals surface area contributed by atoms with Gasteiger partial charge in [0, 0.05) is 18.7 Å². The summed E-state index contributed by atoms with van der Waals surface area (Å²) in [5, 5.41) is 0. The molecule has 1 aliphatic rings. The van der Waals surface area contributed by atoms with Crippen LogP contribution >= 0.6 is 0 Å². The van der Waals surface area contributed by atoms with Crippen molar-refractivity contribution in [2.24, 2.45) is 11.7 Å². The SMILES string of the molecule is COc1cc(F)c(F)c(C2CC(CN)CN2C)c1OC. The molecule has 6 heteroatoms. The predicted molar refractivity (Wildman–Crippen MR) is 72.0 cm³/mol. The first-order valence-corrected chi connectivity index (χ1v) is 6.53. The minimum Gasteiger partial charge on any atom is -0.493 e. The molecule has 0 amide bonds. The molecule has 2 unspecified atom stereocenters. The van der Waals surface area contributed by atoms with Crippen LogP contribution in [0.25, 0.3) is 0 Å². The molecule has 0 saturated carbocycles. The molecule has 4 nitrogen and oxygen atoms in total. The Kier molecular flexibility index (Phi) is 4.45. The summed E-state index contributed by atoms with van der Waals surface area (Å²) in [6, 6.07) is 0.746. The zero-order valence-electron chi connectivity index (χ0n) is 12.0. The molecule has 0 spiro atoms. The first-order valence-electron chi connectivity index (χ1n) is 6.53. The Morgan fingerprint density at radius 1 is 1.35 bits per heavy atom. The normalized spacial score (nSPS) is 23.1. The van der Waals surface area contributed by atoms with E-state index < -0.39 is 11.6 Å². The minimum atomic E-state index is -0.928. The van der Waals surface area contributed by atoms with E-state index in [4.69, 9.17) is 15.2 Å². The van der Waals surface area contributed by atoms with Crippen LogP contribution in [-0.2, 0) is 0 Å². The lowest BCUT2D eigenvalue weighted by Crippen LogP contribution is -2.21. The summed E-state index contributed by atoms with van der Waals surface area (Å²) in [4.78, 5) is 1.97. The second kappa shape index (κ2) is 5.93. The van der Waals surface area contributed by atoms with E-state index in [-0.39, 0.29) is 29.0 Å². The van der Waals surface area contributed by atoms with Gasteiger partial charge in [0.1, 0.15) is 0 Å². The zero-order valence-corrected chi connectivity index (χ0v) is 12.0. The van der Waals surface area contributed by atoms with Gasteiger partial charge >= 0.3 is 0 Å².